The average molecular weight is 194 g/mol. The minimum absolute atomic E-state index is 0.320. The second kappa shape index (κ2) is 3.63. The number of para-hydroxylation sites is 1. The molecule has 0 amide bonds. The van der Waals surface area contributed by atoms with E-state index in [1.165, 1.54) is 11.1 Å². The third-order valence-electron chi connectivity index (χ3n) is 2.00. The first-order valence-electron chi connectivity index (χ1n) is 4.37. The summed E-state index contributed by atoms with van der Waals surface area (Å²) in [6, 6.07) is 6.33. The van der Waals surface area contributed by atoms with Gasteiger partial charge in [0.25, 0.3) is 0 Å². The number of benzene rings is 1. The standard InChI is InChI=1S/C9H11FN4/c10-7-3-1-2-4-8(7)14(11)9-12-5-6-13-9/h1-4H,5-6,11H2,(H,12,13). The molecule has 2 rings (SSSR count). The van der Waals surface area contributed by atoms with Gasteiger partial charge in [-0.25, -0.2) is 20.2 Å². The fourth-order valence-electron chi connectivity index (χ4n) is 1.31. The van der Waals surface area contributed by atoms with Gasteiger partial charge in [-0.2, -0.15) is 0 Å². The molecule has 0 spiro atoms. The molecule has 0 atom stereocenters. The molecular formula is C9H11FN4. The van der Waals surface area contributed by atoms with Crippen LogP contribution >= 0.6 is 0 Å². The molecule has 0 unspecified atom stereocenters. The van der Waals surface area contributed by atoms with Crippen LogP contribution in [0.3, 0.4) is 0 Å². The lowest BCUT2D eigenvalue weighted by atomic mass is 10.3. The van der Waals surface area contributed by atoms with Crippen LogP contribution in [0.5, 0.6) is 0 Å². The quantitative estimate of drug-likeness (QED) is 0.504. The number of hydrazine groups is 1. The van der Waals surface area contributed by atoms with Gasteiger partial charge in [0.1, 0.15) is 5.82 Å². The van der Waals surface area contributed by atoms with Crippen molar-refractivity contribution in [3.8, 4) is 0 Å². The molecule has 0 fully saturated rings. The Kier molecular flexibility index (Phi) is 2.32. The smallest absolute Gasteiger partial charge is 0.213 e. The number of aliphatic imine (C=N–C) groups is 1. The maximum absolute atomic E-state index is 13.3. The van der Waals surface area contributed by atoms with Crippen molar-refractivity contribution in [1.82, 2.24) is 5.32 Å². The van der Waals surface area contributed by atoms with Crippen molar-refractivity contribution in [3.05, 3.63) is 30.1 Å². The summed E-state index contributed by atoms with van der Waals surface area (Å²) in [5.74, 6) is 5.86. The van der Waals surface area contributed by atoms with E-state index in [2.05, 4.69) is 10.3 Å². The van der Waals surface area contributed by atoms with E-state index in [4.69, 9.17) is 5.84 Å². The second-order valence-electron chi connectivity index (χ2n) is 2.95. The normalized spacial score (nSPS) is 14.9. The SMILES string of the molecule is NN(C1=NCCN1)c1ccccc1F. The maximum Gasteiger partial charge on any atom is 0.213 e. The minimum atomic E-state index is -0.355. The van der Waals surface area contributed by atoms with E-state index in [1.807, 2.05) is 0 Å². The molecule has 4 nitrogen and oxygen atoms in total. The fourth-order valence-corrected chi connectivity index (χ4v) is 1.31. The van der Waals surface area contributed by atoms with Crippen molar-refractivity contribution >= 4 is 11.6 Å². The van der Waals surface area contributed by atoms with Gasteiger partial charge in [0.2, 0.25) is 5.96 Å². The van der Waals surface area contributed by atoms with Crippen LogP contribution in [-0.2, 0) is 0 Å². The van der Waals surface area contributed by atoms with Crippen molar-refractivity contribution in [2.75, 3.05) is 18.1 Å². The second-order valence-corrected chi connectivity index (χ2v) is 2.95. The average Bonchev–Trinajstić information content (AvgIpc) is 2.70. The maximum atomic E-state index is 13.3. The number of hydrogen-bond donors (Lipinski definition) is 2. The zero-order chi connectivity index (χ0) is 9.97. The largest absolute Gasteiger partial charge is 0.353 e. The summed E-state index contributed by atoms with van der Waals surface area (Å²) in [5, 5.41) is 4.19. The van der Waals surface area contributed by atoms with Crippen LogP contribution in [0, 0.1) is 5.82 Å². The summed E-state index contributed by atoms with van der Waals surface area (Å²) in [6.07, 6.45) is 0. The van der Waals surface area contributed by atoms with Crippen molar-refractivity contribution in [2.45, 2.75) is 0 Å². The molecule has 1 aromatic carbocycles. The Bertz CT molecular complexity index is 364. The van der Waals surface area contributed by atoms with Gasteiger partial charge < -0.3 is 5.32 Å². The molecule has 0 radical (unpaired) electrons. The van der Waals surface area contributed by atoms with Gasteiger partial charge >= 0.3 is 0 Å². The highest BCUT2D eigenvalue weighted by Crippen LogP contribution is 2.15. The predicted octanol–water partition coefficient (Wildman–Crippen LogP) is 0.465. The van der Waals surface area contributed by atoms with Gasteiger partial charge in [-0.05, 0) is 12.1 Å². The van der Waals surface area contributed by atoms with Crippen molar-refractivity contribution in [2.24, 2.45) is 10.8 Å². The van der Waals surface area contributed by atoms with E-state index in [0.717, 1.165) is 6.54 Å². The molecule has 0 bridgehead atoms. The van der Waals surface area contributed by atoms with Crippen LogP contribution < -0.4 is 16.2 Å². The number of nitrogens with one attached hydrogen (secondary N) is 1. The highest BCUT2D eigenvalue weighted by atomic mass is 19.1. The summed E-state index contributed by atoms with van der Waals surface area (Å²) >= 11 is 0. The summed E-state index contributed by atoms with van der Waals surface area (Å²) in [7, 11) is 0. The Morgan fingerprint density at radius 3 is 2.86 bits per heavy atom. The number of hydrogen-bond acceptors (Lipinski definition) is 4. The van der Waals surface area contributed by atoms with Crippen molar-refractivity contribution < 1.29 is 4.39 Å². The first-order chi connectivity index (χ1) is 6.79. The Balaban J connectivity index is 2.26. The highest BCUT2D eigenvalue weighted by molar-refractivity contribution is 5.95. The van der Waals surface area contributed by atoms with E-state index in [1.54, 1.807) is 18.2 Å². The van der Waals surface area contributed by atoms with E-state index >= 15 is 0 Å². The Labute approximate surface area is 81.2 Å². The van der Waals surface area contributed by atoms with Crippen LogP contribution in [0.1, 0.15) is 0 Å². The molecule has 0 saturated carbocycles. The van der Waals surface area contributed by atoms with E-state index in [0.29, 0.717) is 18.2 Å². The monoisotopic (exact) mass is 194 g/mol. The van der Waals surface area contributed by atoms with Crippen molar-refractivity contribution in [1.29, 1.82) is 0 Å². The summed E-state index contributed by atoms with van der Waals surface area (Å²) in [4.78, 5) is 4.09. The van der Waals surface area contributed by atoms with Crippen LogP contribution in [0.25, 0.3) is 0 Å². The van der Waals surface area contributed by atoms with E-state index in [-0.39, 0.29) is 5.82 Å². The van der Waals surface area contributed by atoms with Gasteiger partial charge in [-0.3, -0.25) is 0 Å². The van der Waals surface area contributed by atoms with Gasteiger partial charge in [0, 0.05) is 6.54 Å². The molecule has 0 aromatic heterocycles. The predicted molar refractivity (Wildman–Crippen MR) is 53.4 cm³/mol. The Morgan fingerprint density at radius 2 is 2.21 bits per heavy atom. The first kappa shape index (κ1) is 8.96. The van der Waals surface area contributed by atoms with Gasteiger partial charge in [0.15, 0.2) is 0 Å². The van der Waals surface area contributed by atoms with Crippen LogP contribution in [0.2, 0.25) is 0 Å². The highest BCUT2D eigenvalue weighted by Gasteiger charge is 2.15. The van der Waals surface area contributed by atoms with Gasteiger partial charge in [-0.1, -0.05) is 12.1 Å². The summed E-state index contributed by atoms with van der Waals surface area (Å²) in [6.45, 7) is 1.43. The number of guanidine groups is 1. The molecular weight excluding hydrogens is 183 g/mol. The number of anilines is 1. The summed E-state index contributed by atoms with van der Waals surface area (Å²) in [5.41, 5.74) is 0.320. The molecule has 5 heteroatoms. The van der Waals surface area contributed by atoms with E-state index < -0.39 is 0 Å². The Morgan fingerprint density at radius 1 is 1.43 bits per heavy atom. The molecule has 3 N–H and O–H groups in total. The Hall–Kier alpha value is -1.62. The lowest BCUT2D eigenvalue weighted by Crippen LogP contribution is -2.44. The van der Waals surface area contributed by atoms with E-state index in [9.17, 15) is 4.39 Å². The zero-order valence-electron chi connectivity index (χ0n) is 7.57. The molecule has 1 aliphatic heterocycles. The van der Waals surface area contributed by atoms with Gasteiger partial charge in [-0.15, -0.1) is 0 Å². The van der Waals surface area contributed by atoms with Crippen LogP contribution in [0.15, 0.2) is 29.3 Å². The zero-order valence-corrected chi connectivity index (χ0v) is 7.57. The molecule has 1 heterocycles. The number of nitrogens with two attached hydrogens (primary N) is 1. The molecule has 1 aromatic rings. The van der Waals surface area contributed by atoms with Crippen molar-refractivity contribution in [3.63, 3.8) is 0 Å². The lowest BCUT2D eigenvalue weighted by Gasteiger charge is -2.18. The number of halogens is 1. The summed E-state index contributed by atoms with van der Waals surface area (Å²) < 4.78 is 13.3. The molecule has 0 aliphatic carbocycles. The minimum Gasteiger partial charge on any atom is -0.353 e. The number of nitrogens with zero attached hydrogens (tertiary/aromatic N) is 2. The van der Waals surface area contributed by atoms with Gasteiger partial charge in [0.05, 0.1) is 12.2 Å². The first-order valence-corrected chi connectivity index (χ1v) is 4.37. The molecule has 74 valence electrons. The topological polar surface area (TPSA) is 53.6 Å². The fraction of sp³-hybridized carbons (Fsp3) is 0.222. The van der Waals surface area contributed by atoms with Crippen LogP contribution in [0.4, 0.5) is 10.1 Å². The third kappa shape index (κ3) is 1.54. The van der Waals surface area contributed by atoms with Crippen LogP contribution in [-0.4, -0.2) is 19.0 Å². The number of rotatable bonds is 1. The molecule has 14 heavy (non-hydrogen) atoms. The molecule has 0 saturated heterocycles. The third-order valence-corrected chi connectivity index (χ3v) is 2.00. The molecule has 1 aliphatic rings. The lowest BCUT2D eigenvalue weighted by molar-refractivity contribution is 0.626.